The predicted octanol–water partition coefficient (Wildman–Crippen LogP) is -0.916. The van der Waals surface area contributed by atoms with Crippen molar-refractivity contribution in [2.75, 3.05) is 0 Å². The summed E-state index contributed by atoms with van der Waals surface area (Å²) in [5.74, 6) is -0.641. The molecule has 10 heavy (non-hydrogen) atoms. The third-order valence-corrected chi connectivity index (χ3v) is 1.11. The molecule has 1 N–H and O–H groups in total. The molecule has 0 radical (unpaired) electrons. The van der Waals surface area contributed by atoms with Crippen LogP contribution < -0.4 is 0 Å². The molecule has 0 fully saturated rings. The zero-order valence-electron chi connectivity index (χ0n) is 5.02. The molecular formula is C6H5NO3. The molecule has 0 aromatic heterocycles. The van der Waals surface area contributed by atoms with Crippen LogP contribution in [0.4, 0.5) is 0 Å². The quantitative estimate of drug-likeness (QED) is 0.478. The fourth-order valence-electron chi connectivity index (χ4n) is 0.596. The molecule has 1 unspecified atom stereocenters. The van der Waals surface area contributed by atoms with E-state index in [1.807, 2.05) is 0 Å². The molecule has 0 aromatic rings. The van der Waals surface area contributed by atoms with Gasteiger partial charge in [-0.05, 0) is 6.08 Å². The lowest BCUT2D eigenvalue weighted by atomic mass is 10.1. The summed E-state index contributed by atoms with van der Waals surface area (Å²) in [7, 11) is 0. The van der Waals surface area contributed by atoms with E-state index in [0.717, 1.165) is 0 Å². The van der Waals surface area contributed by atoms with Crippen molar-refractivity contribution in [1.82, 2.24) is 0 Å². The normalized spacial score (nSPS) is 24.3. The Morgan fingerprint density at radius 2 is 2.40 bits per heavy atom. The van der Waals surface area contributed by atoms with Gasteiger partial charge in [-0.1, -0.05) is 0 Å². The zero-order chi connectivity index (χ0) is 7.56. The highest BCUT2D eigenvalue weighted by Crippen LogP contribution is 1.97. The van der Waals surface area contributed by atoms with Crippen molar-refractivity contribution in [3.05, 3.63) is 12.3 Å². The Hall–Kier alpha value is -1.29. The Balaban J connectivity index is 2.92. The predicted molar refractivity (Wildman–Crippen MR) is 33.7 cm³/mol. The Morgan fingerprint density at radius 1 is 1.70 bits per heavy atom. The maximum Gasteiger partial charge on any atom is 0.216 e. The van der Waals surface area contributed by atoms with Gasteiger partial charge in [0.15, 0.2) is 6.29 Å². The van der Waals surface area contributed by atoms with E-state index in [4.69, 9.17) is 5.11 Å². The smallest absolute Gasteiger partial charge is 0.216 e. The number of hydrogen-bond acceptors (Lipinski definition) is 4. The molecule has 4 nitrogen and oxygen atoms in total. The molecule has 0 spiro atoms. The molecule has 1 rings (SSSR count). The zero-order valence-corrected chi connectivity index (χ0v) is 5.02. The summed E-state index contributed by atoms with van der Waals surface area (Å²) in [6.07, 6.45) is 1.58. The molecule has 1 aliphatic rings. The van der Waals surface area contributed by atoms with Crippen LogP contribution >= 0.6 is 0 Å². The van der Waals surface area contributed by atoms with Crippen LogP contribution in [0.5, 0.6) is 0 Å². The number of carbonyl (C=O) groups excluding carboxylic acids is 2. The second-order valence-electron chi connectivity index (χ2n) is 1.78. The summed E-state index contributed by atoms with van der Waals surface area (Å²) in [6, 6.07) is 0. The molecule has 0 aromatic carbocycles. The number of hydrogen-bond donors (Lipinski definition) is 1. The van der Waals surface area contributed by atoms with E-state index >= 15 is 0 Å². The Morgan fingerprint density at radius 3 is 2.90 bits per heavy atom. The second kappa shape index (κ2) is 2.53. The highest BCUT2D eigenvalue weighted by molar-refractivity contribution is 6.61. The Labute approximate surface area is 56.9 Å². The number of aliphatic hydroxyl groups is 1. The number of Topliss-reactive ketones (excluding diaryl/α,β-unsaturated/α-hetero) is 1. The van der Waals surface area contributed by atoms with E-state index in [1.54, 1.807) is 0 Å². The summed E-state index contributed by atoms with van der Waals surface area (Å²) in [5, 5.41) is 8.80. The fourth-order valence-corrected chi connectivity index (χ4v) is 0.596. The molecule has 0 bridgehead atoms. The summed E-state index contributed by atoms with van der Waals surface area (Å²) < 4.78 is 0. The van der Waals surface area contributed by atoms with Gasteiger partial charge >= 0.3 is 0 Å². The van der Waals surface area contributed by atoms with E-state index in [9.17, 15) is 9.59 Å². The molecule has 1 aliphatic heterocycles. The summed E-state index contributed by atoms with van der Waals surface area (Å²) in [4.78, 5) is 24.2. The topological polar surface area (TPSA) is 66.7 Å². The van der Waals surface area contributed by atoms with Crippen molar-refractivity contribution >= 4 is 17.8 Å². The van der Waals surface area contributed by atoms with Crippen molar-refractivity contribution in [2.45, 2.75) is 6.10 Å². The molecule has 0 aliphatic carbocycles. The van der Waals surface area contributed by atoms with Crippen molar-refractivity contribution in [3.8, 4) is 0 Å². The van der Waals surface area contributed by atoms with Crippen LogP contribution in [0.2, 0.25) is 0 Å². The van der Waals surface area contributed by atoms with Gasteiger partial charge in [0, 0.05) is 6.20 Å². The number of nitrogens with zero attached hydrogens (tertiary/aromatic N) is 1. The van der Waals surface area contributed by atoms with Crippen LogP contribution in [0.25, 0.3) is 0 Å². The number of carbonyl (C=O) groups is 2. The number of aliphatic imine (C=N–C) groups is 1. The van der Waals surface area contributed by atoms with Gasteiger partial charge in [-0.3, -0.25) is 9.59 Å². The average Bonchev–Trinajstić information content (AvgIpc) is 1.95. The average molecular weight is 139 g/mol. The third kappa shape index (κ3) is 1.01. The lowest BCUT2D eigenvalue weighted by Gasteiger charge is -2.05. The van der Waals surface area contributed by atoms with Crippen LogP contribution in [0.3, 0.4) is 0 Å². The van der Waals surface area contributed by atoms with E-state index in [-0.39, 0.29) is 5.71 Å². The lowest BCUT2D eigenvalue weighted by Crippen LogP contribution is -2.29. The van der Waals surface area contributed by atoms with Gasteiger partial charge in [-0.2, -0.15) is 0 Å². The van der Waals surface area contributed by atoms with Crippen LogP contribution in [0.15, 0.2) is 17.3 Å². The van der Waals surface area contributed by atoms with Crippen LogP contribution in [0.1, 0.15) is 0 Å². The molecule has 1 atom stereocenters. The van der Waals surface area contributed by atoms with Crippen LogP contribution in [-0.2, 0) is 9.59 Å². The van der Waals surface area contributed by atoms with Crippen molar-refractivity contribution < 1.29 is 14.7 Å². The molecule has 1 heterocycles. The van der Waals surface area contributed by atoms with Gasteiger partial charge in [-0.25, -0.2) is 4.99 Å². The SMILES string of the molecule is O=CC1=NC=CC(O)C1=O. The first-order valence-corrected chi connectivity index (χ1v) is 2.67. The number of aliphatic hydroxyl groups excluding tert-OH is 1. The second-order valence-corrected chi connectivity index (χ2v) is 1.78. The number of aldehydes is 1. The fraction of sp³-hybridized carbons (Fsp3) is 0.167. The monoisotopic (exact) mass is 139 g/mol. The number of ketones is 1. The summed E-state index contributed by atoms with van der Waals surface area (Å²) in [5.41, 5.74) is -0.227. The largest absolute Gasteiger partial charge is 0.381 e. The van der Waals surface area contributed by atoms with E-state index in [2.05, 4.69) is 4.99 Å². The van der Waals surface area contributed by atoms with Gasteiger partial charge < -0.3 is 5.11 Å². The Bertz CT molecular complexity index is 229. The maximum atomic E-state index is 10.7. The van der Waals surface area contributed by atoms with Crippen LogP contribution in [-0.4, -0.2) is 29.0 Å². The minimum Gasteiger partial charge on any atom is -0.381 e. The van der Waals surface area contributed by atoms with E-state index < -0.39 is 11.9 Å². The Kier molecular flexibility index (Phi) is 1.73. The highest BCUT2D eigenvalue weighted by Gasteiger charge is 2.20. The van der Waals surface area contributed by atoms with Gasteiger partial charge in [0.2, 0.25) is 5.78 Å². The van der Waals surface area contributed by atoms with Crippen molar-refractivity contribution in [2.24, 2.45) is 4.99 Å². The summed E-state index contributed by atoms with van der Waals surface area (Å²) >= 11 is 0. The number of rotatable bonds is 1. The standard InChI is InChI=1S/C6H5NO3/c8-3-4-6(10)5(9)1-2-7-4/h1-3,5,9H. The molecule has 0 saturated carbocycles. The summed E-state index contributed by atoms with van der Waals surface area (Å²) in [6.45, 7) is 0. The van der Waals surface area contributed by atoms with Gasteiger partial charge in [-0.15, -0.1) is 0 Å². The molecular weight excluding hydrogens is 134 g/mol. The lowest BCUT2D eigenvalue weighted by molar-refractivity contribution is -0.119. The van der Waals surface area contributed by atoms with Gasteiger partial charge in [0.1, 0.15) is 11.8 Å². The minimum atomic E-state index is -1.20. The van der Waals surface area contributed by atoms with Crippen molar-refractivity contribution in [3.63, 3.8) is 0 Å². The van der Waals surface area contributed by atoms with Gasteiger partial charge in [0.25, 0.3) is 0 Å². The van der Waals surface area contributed by atoms with E-state index in [0.29, 0.717) is 6.29 Å². The van der Waals surface area contributed by atoms with E-state index in [1.165, 1.54) is 12.3 Å². The van der Waals surface area contributed by atoms with Crippen molar-refractivity contribution in [1.29, 1.82) is 0 Å². The van der Waals surface area contributed by atoms with Gasteiger partial charge in [0.05, 0.1) is 0 Å². The third-order valence-electron chi connectivity index (χ3n) is 1.11. The first-order valence-electron chi connectivity index (χ1n) is 2.67. The molecule has 4 heteroatoms. The molecule has 0 saturated heterocycles. The van der Waals surface area contributed by atoms with Crippen LogP contribution in [0, 0.1) is 0 Å². The highest BCUT2D eigenvalue weighted by atomic mass is 16.3. The molecule has 52 valence electrons. The first kappa shape index (κ1) is 6.82. The maximum absolute atomic E-state index is 10.7. The molecule has 0 amide bonds. The minimum absolute atomic E-state index is 0.227. The first-order chi connectivity index (χ1) is 4.75.